The predicted octanol–water partition coefficient (Wildman–Crippen LogP) is 3.46. The van der Waals surface area contributed by atoms with Gasteiger partial charge in [-0.2, -0.15) is 0 Å². The van der Waals surface area contributed by atoms with E-state index in [4.69, 9.17) is 21.1 Å². The first kappa shape index (κ1) is 17.8. The van der Waals surface area contributed by atoms with E-state index in [-0.39, 0.29) is 27.8 Å². The molecule has 0 spiro atoms. The number of pyridine rings is 1. The topological polar surface area (TPSA) is 73.1 Å². The Balaban J connectivity index is 2.12. The first-order chi connectivity index (χ1) is 12.4. The van der Waals surface area contributed by atoms with Crippen LogP contribution in [0.25, 0.3) is 16.8 Å². The molecule has 0 bridgehead atoms. The zero-order chi connectivity index (χ0) is 18.8. The lowest BCUT2D eigenvalue weighted by atomic mass is 10.1. The van der Waals surface area contributed by atoms with Crippen LogP contribution in [0.15, 0.2) is 41.3 Å². The van der Waals surface area contributed by atoms with Crippen molar-refractivity contribution in [3.05, 3.63) is 63.7 Å². The van der Waals surface area contributed by atoms with Crippen LogP contribution in [0.2, 0.25) is 0 Å². The lowest BCUT2D eigenvalue weighted by Gasteiger charge is -2.10. The van der Waals surface area contributed by atoms with Gasteiger partial charge in [0.05, 0.1) is 24.9 Å². The number of aromatic nitrogens is 2. The van der Waals surface area contributed by atoms with Crippen LogP contribution >= 0.6 is 11.6 Å². The number of methoxy groups -OCH3 is 2. The van der Waals surface area contributed by atoms with Crippen LogP contribution < -0.4 is 15.0 Å². The third-order valence-corrected chi connectivity index (χ3v) is 4.23. The minimum absolute atomic E-state index is 0.0963. The van der Waals surface area contributed by atoms with Crippen LogP contribution in [0.3, 0.4) is 0 Å². The van der Waals surface area contributed by atoms with Crippen LogP contribution in [0.1, 0.15) is 16.8 Å². The number of hydrogen-bond donors (Lipinski definition) is 1. The van der Waals surface area contributed by atoms with Gasteiger partial charge in [-0.15, -0.1) is 0 Å². The lowest BCUT2D eigenvalue weighted by molar-refractivity contribution is 0.340. The molecule has 0 unspecified atom stereocenters. The Morgan fingerprint density at radius 3 is 2.50 bits per heavy atom. The maximum Gasteiger partial charge on any atom is 0.258 e. The van der Waals surface area contributed by atoms with Gasteiger partial charge in [0.2, 0.25) is 5.75 Å². The molecule has 1 aromatic carbocycles. The molecule has 0 aliphatic heterocycles. The van der Waals surface area contributed by atoms with E-state index in [0.717, 1.165) is 5.56 Å². The Morgan fingerprint density at radius 2 is 1.88 bits per heavy atom. The first-order valence-electron chi connectivity index (χ1n) is 7.76. The summed E-state index contributed by atoms with van der Waals surface area (Å²) in [5.74, 6) is 0.408. The molecular formula is C19H17ClN2O4. The molecule has 3 rings (SSSR count). The maximum atomic E-state index is 12.3. The van der Waals surface area contributed by atoms with Crippen molar-refractivity contribution in [3.8, 4) is 17.2 Å². The SMILES string of the molecule is COc1cc(/C=C(\Cl)c2cc(=O)n3cccc(C)c3n2)cc(OC)c1O. The minimum Gasteiger partial charge on any atom is -0.502 e. The van der Waals surface area contributed by atoms with E-state index in [9.17, 15) is 9.90 Å². The normalized spacial score (nSPS) is 11.6. The number of phenols is 1. The number of rotatable bonds is 4. The number of fused-ring (bicyclic) bond motifs is 1. The zero-order valence-electron chi connectivity index (χ0n) is 14.5. The number of benzene rings is 1. The summed E-state index contributed by atoms with van der Waals surface area (Å²) < 4.78 is 11.7. The predicted molar refractivity (Wildman–Crippen MR) is 101 cm³/mol. The van der Waals surface area contributed by atoms with Gasteiger partial charge in [0.15, 0.2) is 11.5 Å². The van der Waals surface area contributed by atoms with E-state index in [1.807, 2.05) is 13.0 Å². The molecule has 0 fully saturated rings. The summed E-state index contributed by atoms with van der Waals surface area (Å²) in [6, 6.07) is 8.26. The summed E-state index contributed by atoms with van der Waals surface area (Å²) in [5, 5.41) is 10.3. The second-order valence-corrected chi connectivity index (χ2v) is 6.04. The molecule has 3 aromatic rings. The fourth-order valence-electron chi connectivity index (χ4n) is 2.60. The summed E-state index contributed by atoms with van der Waals surface area (Å²) >= 11 is 6.40. The van der Waals surface area contributed by atoms with Gasteiger partial charge in [0, 0.05) is 12.3 Å². The van der Waals surface area contributed by atoms with Crippen molar-refractivity contribution >= 4 is 28.4 Å². The van der Waals surface area contributed by atoms with Gasteiger partial charge in [-0.05, 0) is 42.3 Å². The van der Waals surface area contributed by atoms with E-state index in [1.54, 1.807) is 30.5 Å². The Kier molecular flexibility index (Phi) is 4.86. The van der Waals surface area contributed by atoms with Crippen LogP contribution in [0.5, 0.6) is 17.2 Å². The van der Waals surface area contributed by atoms with Crippen molar-refractivity contribution in [3.63, 3.8) is 0 Å². The highest BCUT2D eigenvalue weighted by atomic mass is 35.5. The second kappa shape index (κ2) is 7.09. The monoisotopic (exact) mass is 372 g/mol. The Hall–Kier alpha value is -2.99. The van der Waals surface area contributed by atoms with Gasteiger partial charge in [0.25, 0.3) is 5.56 Å². The molecule has 0 saturated heterocycles. The molecule has 26 heavy (non-hydrogen) atoms. The number of aryl methyl sites for hydroxylation is 1. The minimum atomic E-state index is -0.221. The van der Waals surface area contributed by atoms with Crippen molar-refractivity contribution in [1.82, 2.24) is 9.38 Å². The van der Waals surface area contributed by atoms with E-state index < -0.39 is 0 Å². The quantitative estimate of drug-likeness (QED) is 0.759. The molecule has 0 amide bonds. The van der Waals surface area contributed by atoms with Crippen LogP contribution in [0.4, 0.5) is 0 Å². The third kappa shape index (κ3) is 3.23. The highest BCUT2D eigenvalue weighted by molar-refractivity contribution is 6.51. The number of hydrogen-bond acceptors (Lipinski definition) is 5. The van der Waals surface area contributed by atoms with E-state index in [2.05, 4.69) is 4.98 Å². The van der Waals surface area contributed by atoms with Gasteiger partial charge in [-0.25, -0.2) is 4.98 Å². The summed E-state index contributed by atoms with van der Waals surface area (Å²) in [5.41, 5.74) is 2.18. The molecule has 1 N–H and O–H groups in total. The Morgan fingerprint density at radius 1 is 1.23 bits per heavy atom. The largest absolute Gasteiger partial charge is 0.502 e. The number of phenolic OH excluding ortho intramolecular Hbond substituents is 1. The van der Waals surface area contributed by atoms with Crippen molar-refractivity contribution in [2.24, 2.45) is 0 Å². The molecule has 0 saturated carbocycles. The maximum absolute atomic E-state index is 12.3. The second-order valence-electron chi connectivity index (χ2n) is 5.63. The van der Waals surface area contributed by atoms with Gasteiger partial charge in [0.1, 0.15) is 5.65 Å². The molecular weight excluding hydrogens is 356 g/mol. The molecule has 0 radical (unpaired) electrons. The number of aromatic hydroxyl groups is 1. The van der Waals surface area contributed by atoms with Gasteiger partial charge in [-0.1, -0.05) is 17.7 Å². The molecule has 2 heterocycles. The molecule has 6 nitrogen and oxygen atoms in total. The fraction of sp³-hybridized carbons (Fsp3) is 0.158. The first-order valence-corrected chi connectivity index (χ1v) is 8.14. The summed E-state index contributed by atoms with van der Waals surface area (Å²) in [4.78, 5) is 16.8. The Labute approximate surface area is 154 Å². The lowest BCUT2D eigenvalue weighted by Crippen LogP contribution is -2.15. The molecule has 0 atom stereocenters. The average molecular weight is 373 g/mol. The molecule has 134 valence electrons. The van der Waals surface area contributed by atoms with Gasteiger partial charge < -0.3 is 14.6 Å². The molecule has 2 aromatic heterocycles. The zero-order valence-corrected chi connectivity index (χ0v) is 15.2. The summed E-state index contributed by atoms with van der Waals surface area (Å²) in [6.07, 6.45) is 3.29. The third-order valence-electron chi connectivity index (χ3n) is 3.93. The van der Waals surface area contributed by atoms with Gasteiger partial charge >= 0.3 is 0 Å². The van der Waals surface area contributed by atoms with Crippen LogP contribution in [-0.4, -0.2) is 28.7 Å². The van der Waals surface area contributed by atoms with E-state index in [0.29, 0.717) is 16.9 Å². The van der Waals surface area contributed by atoms with Crippen LogP contribution in [-0.2, 0) is 0 Å². The fourth-order valence-corrected chi connectivity index (χ4v) is 2.82. The van der Waals surface area contributed by atoms with Crippen molar-refractivity contribution in [1.29, 1.82) is 0 Å². The van der Waals surface area contributed by atoms with E-state index >= 15 is 0 Å². The molecule has 7 heteroatoms. The molecule has 0 aliphatic rings. The smallest absolute Gasteiger partial charge is 0.258 e. The summed E-state index contributed by atoms with van der Waals surface area (Å²) in [7, 11) is 2.89. The number of halogens is 1. The average Bonchev–Trinajstić information content (AvgIpc) is 2.63. The van der Waals surface area contributed by atoms with Crippen molar-refractivity contribution < 1.29 is 14.6 Å². The highest BCUT2D eigenvalue weighted by Gasteiger charge is 2.12. The van der Waals surface area contributed by atoms with E-state index in [1.165, 1.54) is 24.7 Å². The standard InChI is InChI=1S/C19H17ClN2O4/c1-11-5-4-6-22-17(23)10-14(21-19(11)22)13(20)7-12-8-15(25-2)18(24)16(9-12)26-3/h4-10,24H,1-3H3/b13-7-. The van der Waals surface area contributed by atoms with Crippen molar-refractivity contribution in [2.75, 3.05) is 14.2 Å². The van der Waals surface area contributed by atoms with Gasteiger partial charge in [-0.3, -0.25) is 9.20 Å². The number of ether oxygens (including phenoxy) is 2. The van der Waals surface area contributed by atoms with Crippen molar-refractivity contribution in [2.45, 2.75) is 6.92 Å². The summed E-state index contributed by atoms with van der Waals surface area (Å²) in [6.45, 7) is 1.87. The number of nitrogens with zero attached hydrogens (tertiary/aromatic N) is 2. The van der Waals surface area contributed by atoms with Crippen LogP contribution in [0, 0.1) is 6.92 Å². The molecule has 0 aliphatic carbocycles. The Bertz CT molecular complexity index is 1050. The highest BCUT2D eigenvalue weighted by Crippen LogP contribution is 2.38.